The lowest BCUT2D eigenvalue weighted by molar-refractivity contribution is -0.385. The van der Waals surface area contributed by atoms with E-state index in [9.17, 15) is 14.9 Å². The van der Waals surface area contributed by atoms with Crippen molar-refractivity contribution < 1.29 is 14.5 Å². The fraction of sp³-hybridized carbons (Fsp3) is 0.263. The number of unbranched alkanes of at least 4 members (excludes halogenated alkanes) is 1. The third-order valence-electron chi connectivity index (χ3n) is 4.00. The van der Waals surface area contributed by atoms with E-state index in [0.717, 1.165) is 28.8 Å². The van der Waals surface area contributed by atoms with Crippen LogP contribution < -0.4 is 10.1 Å². The summed E-state index contributed by atoms with van der Waals surface area (Å²) >= 11 is 1.35. The monoisotopic (exact) mass is 385 g/mol. The maximum absolute atomic E-state index is 12.4. The number of ether oxygens (including phenoxy) is 1. The largest absolute Gasteiger partial charge is 0.494 e. The zero-order valence-electron chi connectivity index (χ0n) is 15.0. The van der Waals surface area contributed by atoms with Crippen molar-refractivity contribution >= 4 is 38.3 Å². The van der Waals surface area contributed by atoms with E-state index in [2.05, 4.69) is 17.2 Å². The van der Waals surface area contributed by atoms with E-state index in [-0.39, 0.29) is 11.6 Å². The summed E-state index contributed by atoms with van der Waals surface area (Å²) in [5.41, 5.74) is 1.55. The average Bonchev–Trinajstić information content (AvgIpc) is 3.03. The first-order valence-corrected chi connectivity index (χ1v) is 9.39. The highest BCUT2D eigenvalue weighted by Crippen LogP contribution is 2.30. The van der Waals surface area contributed by atoms with Gasteiger partial charge >= 0.3 is 0 Å². The number of nitrogens with one attached hydrogen (secondary N) is 1. The number of aryl methyl sites for hydroxylation is 1. The summed E-state index contributed by atoms with van der Waals surface area (Å²) in [5, 5.41) is 14.1. The fourth-order valence-corrected chi connectivity index (χ4v) is 3.44. The van der Waals surface area contributed by atoms with Crippen LogP contribution in [-0.2, 0) is 0 Å². The van der Waals surface area contributed by atoms with Gasteiger partial charge in [0.1, 0.15) is 5.75 Å². The first kappa shape index (κ1) is 18.8. The molecule has 1 N–H and O–H groups in total. The molecule has 0 saturated carbocycles. The molecule has 140 valence electrons. The van der Waals surface area contributed by atoms with Crippen molar-refractivity contribution in [2.24, 2.45) is 0 Å². The Labute approximate surface area is 160 Å². The Morgan fingerprint density at radius 1 is 1.30 bits per heavy atom. The Morgan fingerprint density at radius 2 is 2.11 bits per heavy atom. The minimum atomic E-state index is -0.468. The topological polar surface area (TPSA) is 94.4 Å². The Balaban J connectivity index is 1.75. The van der Waals surface area contributed by atoms with Crippen molar-refractivity contribution in [3.05, 3.63) is 57.6 Å². The molecular weight excluding hydrogens is 366 g/mol. The van der Waals surface area contributed by atoms with Crippen LogP contribution in [0.3, 0.4) is 0 Å². The number of carbonyl (C=O) groups excluding carboxylic acids is 1. The third kappa shape index (κ3) is 4.40. The molecule has 7 nitrogen and oxygen atoms in total. The Bertz CT molecular complexity index is 1000. The summed E-state index contributed by atoms with van der Waals surface area (Å²) in [7, 11) is 0. The number of fused-ring (bicyclic) bond motifs is 1. The molecule has 0 radical (unpaired) electrons. The molecule has 0 fully saturated rings. The van der Waals surface area contributed by atoms with Gasteiger partial charge in [-0.1, -0.05) is 24.7 Å². The first-order chi connectivity index (χ1) is 13.0. The highest BCUT2D eigenvalue weighted by atomic mass is 32.1. The van der Waals surface area contributed by atoms with Crippen LogP contribution in [0, 0.1) is 17.0 Å². The number of benzene rings is 2. The number of hydrogen-bond acceptors (Lipinski definition) is 6. The number of anilines is 1. The highest BCUT2D eigenvalue weighted by Gasteiger charge is 2.15. The van der Waals surface area contributed by atoms with Gasteiger partial charge in [0.05, 0.1) is 21.7 Å². The van der Waals surface area contributed by atoms with Gasteiger partial charge < -0.3 is 4.74 Å². The van der Waals surface area contributed by atoms with Crippen molar-refractivity contribution in [1.29, 1.82) is 0 Å². The summed E-state index contributed by atoms with van der Waals surface area (Å²) in [4.78, 5) is 27.3. The molecule has 0 bridgehead atoms. The van der Waals surface area contributed by atoms with Gasteiger partial charge in [-0.2, -0.15) is 0 Å². The van der Waals surface area contributed by atoms with Gasteiger partial charge in [-0.3, -0.25) is 20.2 Å². The van der Waals surface area contributed by atoms with Crippen LogP contribution in [0.25, 0.3) is 10.2 Å². The van der Waals surface area contributed by atoms with Crippen LogP contribution >= 0.6 is 11.3 Å². The number of carbonyl (C=O) groups is 1. The van der Waals surface area contributed by atoms with Crippen molar-refractivity contribution in [3.63, 3.8) is 0 Å². The van der Waals surface area contributed by atoms with Gasteiger partial charge in [-0.15, -0.1) is 0 Å². The number of nitro benzene ring substituents is 1. The number of hydrogen-bond donors (Lipinski definition) is 1. The summed E-state index contributed by atoms with van der Waals surface area (Å²) in [6, 6.07) is 9.91. The molecule has 3 rings (SSSR count). The zero-order chi connectivity index (χ0) is 19.4. The van der Waals surface area contributed by atoms with E-state index < -0.39 is 4.92 Å². The quantitative estimate of drug-likeness (QED) is 0.353. The van der Waals surface area contributed by atoms with Gasteiger partial charge in [0.25, 0.3) is 11.6 Å². The van der Waals surface area contributed by atoms with Gasteiger partial charge in [-0.05, 0) is 43.7 Å². The third-order valence-corrected chi connectivity index (χ3v) is 4.94. The lowest BCUT2D eigenvalue weighted by atomic mass is 10.1. The van der Waals surface area contributed by atoms with Gasteiger partial charge in [0, 0.05) is 17.2 Å². The molecule has 0 aliphatic heterocycles. The van der Waals surface area contributed by atoms with Gasteiger partial charge in [-0.25, -0.2) is 4.98 Å². The van der Waals surface area contributed by atoms with Gasteiger partial charge in [0.2, 0.25) is 0 Å². The number of nitro groups is 1. The van der Waals surface area contributed by atoms with Gasteiger partial charge in [0.15, 0.2) is 5.13 Å². The zero-order valence-corrected chi connectivity index (χ0v) is 15.8. The molecular formula is C19H19N3O4S. The van der Waals surface area contributed by atoms with Crippen LogP contribution in [-0.4, -0.2) is 22.4 Å². The van der Waals surface area contributed by atoms with Crippen molar-refractivity contribution in [1.82, 2.24) is 4.98 Å². The standard InChI is InChI=1S/C19H19N3O4S/c1-3-4-9-26-14-6-7-15-17(11-14)27-19(20-15)21-18(23)13-5-8-16(22(24)25)12(2)10-13/h5-8,10-11H,3-4,9H2,1-2H3,(H,20,21,23). The van der Waals surface area contributed by atoms with E-state index >= 15 is 0 Å². The molecule has 0 saturated heterocycles. The number of rotatable bonds is 7. The second-order valence-corrected chi connectivity index (χ2v) is 7.09. The van der Waals surface area contributed by atoms with Crippen LogP contribution in [0.4, 0.5) is 10.8 Å². The number of thiazole rings is 1. The normalized spacial score (nSPS) is 10.7. The SMILES string of the molecule is CCCCOc1ccc2nc(NC(=O)c3ccc([N+](=O)[O-])c(C)c3)sc2c1. The summed E-state index contributed by atoms with van der Waals surface area (Å²) < 4.78 is 6.61. The molecule has 27 heavy (non-hydrogen) atoms. The van der Waals surface area contributed by atoms with E-state index in [4.69, 9.17) is 4.74 Å². The maximum atomic E-state index is 12.4. The predicted octanol–water partition coefficient (Wildman–Crippen LogP) is 4.94. The minimum absolute atomic E-state index is 0.0119. The first-order valence-electron chi connectivity index (χ1n) is 8.57. The highest BCUT2D eigenvalue weighted by molar-refractivity contribution is 7.22. The van der Waals surface area contributed by atoms with Crippen LogP contribution in [0.15, 0.2) is 36.4 Å². The average molecular weight is 385 g/mol. The van der Waals surface area contributed by atoms with Crippen LogP contribution in [0.2, 0.25) is 0 Å². The molecule has 8 heteroatoms. The van der Waals surface area contributed by atoms with E-state index in [0.29, 0.717) is 22.9 Å². The van der Waals surface area contributed by atoms with E-state index in [1.54, 1.807) is 6.92 Å². The van der Waals surface area contributed by atoms with Crippen LogP contribution in [0.5, 0.6) is 5.75 Å². The van der Waals surface area contributed by atoms with Crippen molar-refractivity contribution in [2.75, 3.05) is 11.9 Å². The summed E-state index contributed by atoms with van der Waals surface area (Å²) in [6.45, 7) is 4.38. The molecule has 0 aliphatic rings. The molecule has 1 heterocycles. The molecule has 1 amide bonds. The molecule has 0 aliphatic carbocycles. The summed E-state index contributed by atoms with van der Waals surface area (Å²) in [6.07, 6.45) is 2.07. The molecule has 0 atom stereocenters. The fourth-order valence-electron chi connectivity index (χ4n) is 2.55. The van der Waals surface area contributed by atoms with Crippen molar-refractivity contribution in [3.8, 4) is 5.75 Å². The van der Waals surface area contributed by atoms with Crippen LogP contribution in [0.1, 0.15) is 35.7 Å². The summed E-state index contributed by atoms with van der Waals surface area (Å²) in [5.74, 6) is 0.426. The molecule has 2 aromatic carbocycles. The number of nitrogens with zero attached hydrogens (tertiary/aromatic N) is 2. The maximum Gasteiger partial charge on any atom is 0.272 e. The smallest absolute Gasteiger partial charge is 0.272 e. The molecule has 1 aromatic heterocycles. The van der Waals surface area contributed by atoms with E-state index in [1.807, 2.05) is 18.2 Å². The second-order valence-electron chi connectivity index (χ2n) is 6.06. The second kappa shape index (κ2) is 8.13. The molecule has 3 aromatic rings. The number of aromatic nitrogens is 1. The lowest BCUT2D eigenvalue weighted by Gasteiger charge is -2.04. The Morgan fingerprint density at radius 3 is 2.81 bits per heavy atom. The van der Waals surface area contributed by atoms with E-state index in [1.165, 1.54) is 29.5 Å². The Kier molecular flexibility index (Phi) is 5.66. The predicted molar refractivity (Wildman–Crippen MR) is 106 cm³/mol. The molecule has 0 unspecified atom stereocenters. The van der Waals surface area contributed by atoms with Crippen molar-refractivity contribution in [2.45, 2.75) is 26.7 Å². The number of amides is 1. The minimum Gasteiger partial charge on any atom is -0.494 e. The molecule has 0 spiro atoms. The lowest BCUT2D eigenvalue weighted by Crippen LogP contribution is -2.12. The Hall–Kier alpha value is -3.00.